The molecule has 1 aromatic rings. The fourth-order valence-corrected chi connectivity index (χ4v) is 3.44. The summed E-state index contributed by atoms with van der Waals surface area (Å²) in [6.45, 7) is 2.71. The van der Waals surface area contributed by atoms with E-state index in [4.69, 9.17) is 16.2 Å². The van der Waals surface area contributed by atoms with Crippen molar-refractivity contribution >= 4 is 17.8 Å². The fourth-order valence-electron chi connectivity index (χ4n) is 3.44. The Morgan fingerprint density at radius 2 is 1.94 bits per heavy atom. The molecule has 2 rings (SSSR count). The van der Waals surface area contributed by atoms with E-state index < -0.39 is 48.8 Å². The van der Waals surface area contributed by atoms with Crippen LogP contribution in [0, 0.1) is 6.92 Å². The lowest BCUT2D eigenvalue weighted by Gasteiger charge is -2.39. The van der Waals surface area contributed by atoms with Crippen molar-refractivity contribution in [3.8, 4) is 0 Å². The number of aliphatic hydroxyl groups excluding tert-OH is 3. The van der Waals surface area contributed by atoms with Gasteiger partial charge in [0, 0.05) is 20.5 Å². The molecule has 176 valence electrons. The van der Waals surface area contributed by atoms with Crippen LogP contribution in [0.1, 0.15) is 18.1 Å². The zero-order chi connectivity index (χ0) is 24.0. The summed E-state index contributed by atoms with van der Waals surface area (Å²) in [6, 6.07) is 5.62. The Labute approximate surface area is 186 Å². The lowest BCUT2D eigenvalue weighted by Crippen LogP contribution is -2.60. The van der Waals surface area contributed by atoms with Crippen molar-refractivity contribution in [1.29, 1.82) is 0 Å². The summed E-state index contributed by atoms with van der Waals surface area (Å²) >= 11 is 0. The Balaban J connectivity index is 2.40. The minimum atomic E-state index is -1.65. The van der Waals surface area contributed by atoms with Crippen LogP contribution in [-0.4, -0.2) is 82.0 Å². The van der Waals surface area contributed by atoms with Gasteiger partial charge in [0.05, 0.1) is 18.7 Å². The number of rotatable bonds is 8. The van der Waals surface area contributed by atoms with Crippen LogP contribution in [0.2, 0.25) is 0 Å². The van der Waals surface area contributed by atoms with Crippen molar-refractivity contribution in [3.05, 3.63) is 47.2 Å². The van der Waals surface area contributed by atoms with E-state index in [1.165, 1.54) is 17.9 Å². The number of aliphatic imine (C=N–C) groups is 1. The van der Waals surface area contributed by atoms with Crippen molar-refractivity contribution in [2.24, 2.45) is 16.5 Å². The van der Waals surface area contributed by atoms with E-state index >= 15 is 0 Å². The second-order valence-corrected chi connectivity index (χ2v) is 7.71. The summed E-state index contributed by atoms with van der Waals surface area (Å²) in [5, 5.41) is 32.3. The van der Waals surface area contributed by atoms with Gasteiger partial charge in [0.2, 0.25) is 5.91 Å². The molecule has 0 spiro atoms. The average Bonchev–Trinajstić information content (AvgIpc) is 2.74. The molecule has 0 saturated heterocycles. The third kappa shape index (κ3) is 6.19. The number of hydrogen-bond donors (Lipinski definition) is 6. The Kier molecular flexibility index (Phi) is 8.58. The number of nitrogens with one attached hydrogen (secondary N) is 1. The highest BCUT2D eigenvalue weighted by Crippen LogP contribution is 2.26. The van der Waals surface area contributed by atoms with Crippen molar-refractivity contribution in [2.45, 2.75) is 50.8 Å². The molecular formula is C21H31N5O6. The standard InChI is InChI=1S/C21H31N5O6/c1-11-6-4-5-7-13(11)9-26(3)20(31)16-8-14(25-21(22)23)17(24-12(2)28)19(32-16)18(30)15(29)10-27/h4-8,14-15,17-19,27,29-30H,9-10H2,1-3H3,(H,24,28)(H4,22,23,25)/t14-,15+,17+,18+,19+/m0/s1. The molecule has 0 radical (unpaired) electrons. The fraction of sp³-hybridized carbons (Fsp3) is 0.476. The smallest absolute Gasteiger partial charge is 0.288 e. The number of guanidine groups is 1. The molecule has 0 aliphatic carbocycles. The maximum Gasteiger partial charge on any atom is 0.288 e. The molecule has 11 nitrogen and oxygen atoms in total. The highest BCUT2D eigenvalue weighted by molar-refractivity contribution is 5.92. The summed E-state index contributed by atoms with van der Waals surface area (Å²) in [5.41, 5.74) is 13.0. The molecule has 0 saturated carbocycles. The van der Waals surface area contributed by atoms with Crippen LogP contribution >= 0.6 is 0 Å². The number of amides is 2. The topological polar surface area (TPSA) is 184 Å². The molecular weight excluding hydrogens is 418 g/mol. The first-order valence-electron chi connectivity index (χ1n) is 10.1. The molecule has 1 aliphatic heterocycles. The summed E-state index contributed by atoms with van der Waals surface area (Å²) < 4.78 is 5.73. The lowest BCUT2D eigenvalue weighted by atomic mass is 9.92. The van der Waals surface area contributed by atoms with E-state index in [1.807, 2.05) is 31.2 Å². The van der Waals surface area contributed by atoms with Gasteiger partial charge in [-0.3, -0.25) is 9.59 Å². The maximum atomic E-state index is 13.1. The van der Waals surface area contributed by atoms with Crippen LogP contribution < -0.4 is 16.8 Å². The summed E-state index contributed by atoms with van der Waals surface area (Å²) in [5.74, 6) is -1.45. The van der Waals surface area contributed by atoms with E-state index in [2.05, 4.69) is 10.3 Å². The molecule has 0 bridgehead atoms. The van der Waals surface area contributed by atoms with Gasteiger partial charge in [-0.1, -0.05) is 24.3 Å². The minimum Gasteiger partial charge on any atom is -0.480 e. The SMILES string of the molecule is CC(=O)N[C@H]1[C@H]([C@H](O)[C@H](O)CO)OC(C(=O)N(C)Cc2ccccc2C)=C[C@@H]1N=C(N)N. The molecule has 11 heteroatoms. The van der Waals surface area contributed by atoms with Crippen LogP contribution in [0.4, 0.5) is 0 Å². The van der Waals surface area contributed by atoms with Gasteiger partial charge in [-0.15, -0.1) is 0 Å². The van der Waals surface area contributed by atoms with Gasteiger partial charge in [0.1, 0.15) is 18.3 Å². The van der Waals surface area contributed by atoms with Gasteiger partial charge in [-0.05, 0) is 24.1 Å². The largest absolute Gasteiger partial charge is 0.480 e. The monoisotopic (exact) mass is 449 g/mol. The van der Waals surface area contributed by atoms with Crippen LogP contribution in [0.15, 0.2) is 41.1 Å². The first kappa shape index (κ1) is 25.1. The second kappa shape index (κ2) is 10.9. The number of ether oxygens (including phenoxy) is 1. The van der Waals surface area contributed by atoms with E-state index in [9.17, 15) is 24.9 Å². The quantitative estimate of drug-likeness (QED) is 0.196. The van der Waals surface area contributed by atoms with Crippen molar-refractivity contribution < 1.29 is 29.6 Å². The Morgan fingerprint density at radius 3 is 2.50 bits per heavy atom. The first-order valence-corrected chi connectivity index (χ1v) is 10.1. The summed E-state index contributed by atoms with van der Waals surface area (Å²) in [7, 11) is 1.59. The van der Waals surface area contributed by atoms with Gasteiger partial charge in [0.15, 0.2) is 11.7 Å². The zero-order valence-corrected chi connectivity index (χ0v) is 18.3. The third-order valence-electron chi connectivity index (χ3n) is 5.12. The Morgan fingerprint density at radius 1 is 1.28 bits per heavy atom. The summed E-state index contributed by atoms with van der Waals surface area (Å²) in [4.78, 5) is 30.3. The number of aliphatic hydroxyl groups is 3. The van der Waals surface area contributed by atoms with E-state index in [-0.39, 0.29) is 11.7 Å². The van der Waals surface area contributed by atoms with Gasteiger partial charge in [-0.2, -0.15) is 0 Å². The van der Waals surface area contributed by atoms with Gasteiger partial charge in [0.25, 0.3) is 5.91 Å². The molecule has 32 heavy (non-hydrogen) atoms. The molecule has 0 aromatic heterocycles. The maximum absolute atomic E-state index is 13.1. The molecule has 1 heterocycles. The van der Waals surface area contributed by atoms with E-state index in [0.717, 1.165) is 11.1 Å². The number of likely N-dealkylation sites (N-methyl/N-ethyl adjacent to an activating group) is 1. The summed E-state index contributed by atoms with van der Waals surface area (Å²) in [6.07, 6.45) is -3.20. The number of nitrogens with zero attached hydrogens (tertiary/aromatic N) is 2. The number of carbonyl (C=O) groups is 2. The van der Waals surface area contributed by atoms with Crippen LogP contribution in [-0.2, 0) is 20.9 Å². The molecule has 0 unspecified atom stereocenters. The molecule has 8 N–H and O–H groups in total. The van der Waals surface area contributed by atoms with E-state index in [1.54, 1.807) is 7.05 Å². The van der Waals surface area contributed by atoms with Gasteiger partial charge >= 0.3 is 0 Å². The van der Waals surface area contributed by atoms with Crippen molar-refractivity contribution in [2.75, 3.05) is 13.7 Å². The number of benzene rings is 1. The predicted molar refractivity (Wildman–Crippen MR) is 117 cm³/mol. The third-order valence-corrected chi connectivity index (χ3v) is 5.12. The lowest BCUT2D eigenvalue weighted by molar-refractivity contribution is -0.140. The van der Waals surface area contributed by atoms with Crippen LogP contribution in [0.25, 0.3) is 0 Å². The molecule has 1 aliphatic rings. The zero-order valence-electron chi connectivity index (χ0n) is 18.3. The highest BCUT2D eigenvalue weighted by atomic mass is 16.5. The predicted octanol–water partition coefficient (Wildman–Crippen LogP) is -1.90. The van der Waals surface area contributed by atoms with Crippen LogP contribution in [0.3, 0.4) is 0 Å². The molecule has 2 amide bonds. The van der Waals surface area contributed by atoms with Crippen molar-refractivity contribution in [1.82, 2.24) is 10.2 Å². The first-order chi connectivity index (χ1) is 15.0. The number of nitrogens with two attached hydrogens (primary N) is 2. The molecule has 1 aromatic carbocycles. The Hall–Kier alpha value is -3.15. The molecule has 5 atom stereocenters. The highest BCUT2D eigenvalue weighted by Gasteiger charge is 2.44. The van der Waals surface area contributed by atoms with E-state index in [0.29, 0.717) is 6.54 Å². The second-order valence-electron chi connectivity index (χ2n) is 7.71. The Bertz CT molecular complexity index is 885. The number of hydrogen-bond acceptors (Lipinski definition) is 7. The normalized spacial score (nSPS) is 22.1. The molecule has 0 fully saturated rings. The van der Waals surface area contributed by atoms with Gasteiger partial charge in [-0.25, -0.2) is 4.99 Å². The average molecular weight is 450 g/mol. The number of carbonyl (C=O) groups excluding carboxylic acids is 2. The number of aryl methyl sites for hydroxylation is 1. The van der Waals surface area contributed by atoms with Gasteiger partial charge < -0.3 is 41.7 Å². The van der Waals surface area contributed by atoms with Crippen molar-refractivity contribution in [3.63, 3.8) is 0 Å². The van der Waals surface area contributed by atoms with Crippen LogP contribution in [0.5, 0.6) is 0 Å². The minimum absolute atomic E-state index is 0.160.